The van der Waals surface area contributed by atoms with Crippen molar-refractivity contribution in [3.8, 4) is 22.8 Å². The van der Waals surface area contributed by atoms with Crippen molar-refractivity contribution in [2.75, 3.05) is 13.7 Å². The van der Waals surface area contributed by atoms with Crippen molar-refractivity contribution in [3.63, 3.8) is 0 Å². The summed E-state index contributed by atoms with van der Waals surface area (Å²) in [6, 6.07) is 17.9. The first-order chi connectivity index (χ1) is 16.4. The van der Waals surface area contributed by atoms with Crippen LogP contribution in [0.4, 0.5) is 0 Å². The third-order valence-electron chi connectivity index (χ3n) is 5.64. The molecule has 0 aliphatic carbocycles. The predicted octanol–water partition coefficient (Wildman–Crippen LogP) is 5.84. The molecule has 0 aliphatic heterocycles. The third kappa shape index (κ3) is 4.66. The van der Waals surface area contributed by atoms with E-state index in [1.807, 2.05) is 44.2 Å². The van der Waals surface area contributed by atoms with Gasteiger partial charge in [-0.3, -0.25) is 4.79 Å². The Bertz CT molecular complexity index is 1400. The van der Waals surface area contributed by atoms with Gasteiger partial charge >= 0.3 is 5.97 Å². The molecule has 4 aromatic rings. The van der Waals surface area contributed by atoms with Crippen LogP contribution < -0.4 is 14.9 Å². The van der Waals surface area contributed by atoms with Gasteiger partial charge in [-0.15, -0.1) is 0 Å². The van der Waals surface area contributed by atoms with Gasteiger partial charge in [0.1, 0.15) is 17.9 Å². The molecule has 1 aromatic heterocycles. The molecule has 0 N–H and O–H groups in total. The van der Waals surface area contributed by atoms with Crippen molar-refractivity contribution >= 4 is 16.9 Å². The first-order valence-electron chi connectivity index (χ1n) is 11.0. The van der Waals surface area contributed by atoms with E-state index in [2.05, 4.69) is 0 Å². The Labute approximate surface area is 197 Å². The molecule has 0 saturated heterocycles. The number of benzene rings is 3. The van der Waals surface area contributed by atoms with Crippen LogP contribution in [0.5, 0.6) is 11.5 Å². The van der Waals surface area contributed by atoms with E-state index in [-0.39, 0.29) is 17.8 Å². The van der Waals surface area contributed by atoms with Crippen LogP contribution in [-0.4, -0.2) is 19.7 Å². The van der Waals surface area contributed by atoms with Crippen LogP contribution in [0.25, 0.3) is 22.3 Å². The molecule has 0 saturated carbocycles. The predicted molar refractivity (Wildman–Crippen MR) is 131 cm³/mol. The second kappa shape index (κ2) is 9.83. The summed E-state index contributed by atoms with van der Waals surface area (Å²) in [4.78, 5) is 25.6. The summed E-state index contributed by atoms with van der Waals surface area (Å²) in [5.41, 5.74) is 4.10. The van der Waals surface area contributed by atoms with E-state index in [1.165, 1.54) is 0 Å². The quantitative estimate of drug-likeness (QED) is 0.324. The lowest BCUT2D eigenvalue weighted by Gasteiger charge is -2.13. The Morgan fingerprint density at radius 2 is 1.71 bits per heavy atom. The van der Waals surface area contributed by atoms with Gasteiger partial charge in [0.25, 0.3) is 0 Å². The van der Waals surface area contributed by atoms with E-state index in [0.717, 1.165) is 16.7 Å². The van der Waals surface area contributed by atoms with Gasteiger partial charge in [-0.1, -0.05) is 12.1 Å². The van der Waals surface area contributed by atoms with Gasteiger partial charge < -0.3 is 18.6 Å². The van der Waals surface area contributed by atoms with Gasteiger partial charge in [0.05, 0.1) is 24.7 Å². The minimum atomic E-state index is -0.403. The van der Waals surface area contributed by atoms with Crippen molar-refractivity contribution < 1.29 is 23.4 Å². The molecule has 0 amide bonds. The van der Waals surface area contributed by atoms with E-state index in [4.69, 9.17) is 18.6 Å². The van der Waals surface area contributed by atoms with Crippen molar-refractivity contribution in [1.82, 2.24) is 0 Å². The molecular weight excluding hydrogens is 432 g/mol. The minimum absolute atomic E-state index is 0.0809. The standard InChI is InChI=1S/C28H26O6/c1-5-32-28(30)21-8-6-7-19(15-21)16-33-27-25(29)23-13-17(2)18(3)14-24(23)34-26(27)20-9-11-22(31-4)12-10-20/h6-15H,5,16H2,1-4H3. The van der Waals surface area contributed by atoms with Gasteiger partial charge in [0.2, 0.25) is 11.2 Å². The zero-order valence-corrected chi connectivity index (χ0v) is 19.6. The average Bonchev–Trinajstić information content (AvgIpc) is 2.85. The Balaban J connectivity index is 1.78. The molecule has 0 aliphatic rings. The topological polar surface area (TPSA) is 75.0 Å². The minimum Gasteiger partial charge on any atom is -0.497 e. The highest BCUT2D eigenvalue weighted by molar-refractivity contribution is 5.89. The van der Waals surface area contributed by atoms with Crippen molar-refractivity contribution in [3.05, 3.63) is 93.1 Å². The number of carbonyl (C=O) groups is 1. The maximum atomic E-state index is 13.5. The van der Waals surface area contributed by atoms with Crippen LogP contribution in [0.2, 0.25) is 0 Å². The van der Waals surface area contributed by atoms with Crippen molar-refractivity contribution in [1.29, 1.82) is 0 Å². The van der Waals surface area contributed by atoms with E-state index in [9.17, 15) is 9.59 Å². The molecule has 34 heavy (non-hydrogen) atoms. The van der Waals surface area contributed by atoms with E-state index in [1.54, 1.807) is 44.4 Å². The lowest BCUT2D eigenvalue weighted by Crippen LogP contribution is -2.11. The number of aryl methyl sites for hydroxylation is 2. The molecule has 3 aromatic carbocycles. The van der Waals surface area contributed by atoms with Crippen LogP contribution in [0.1, 0.15) is 34.0 Å². The molecule has 0 fully saturated rings. The second-order valence-corrected chi connectivity index (χ2v) is 7.96. The maximum Gasteiger partial charge on any atom is 0.338 e. The van der Waals surface area contributed by atoms with E-state index in [0.29, 0.717) is 40.2 Å². The largest absolute Gasteiger partial charge is 0.497 e. The van der Waals surface area contributed by atoms with E-state index >= 15 is 0 Å². The molecule has 0 atom stereocenters. The first kappa shape index (κ1) is 23.1. The zero-order valence-electron chi connectivity index (χ0n) is 19.6. The number of fused-ring (bicyclic) bond motifs is 1. The van der Waals surface area contributed by atoms with Crippen LogP contribution in [0.3, 0.4) is 0 Å². The molecule has 0 radical (unpaired) electrons. The SMILES string of the molecule is CCOC(=O)c1cccc(COc2c(-c3ccc(OC)cc3)oc3cc(C)c(C)cc3c2=O)c1. The van der Waals surface area contributed by atoms with Crippen LogP contribution in [-0.2, 0) is 11.3 Å². The lowest BCUT2D eigenvalue weighted by atomic mass is 10.0. The Morgan fingerprint density at radius 1 is 0.971 bits per heavy atom. The Morgan fingerprint density at radius 3 is 2.41 bits per heavy atom. The summed E-state index contributed by atoms with van der Waals surface area (Å²) in [6.45, 7) is 6.06. The number of hydrogen-bond donors (Lipinski definition) is 0. The van der Waals surface area contributed by atoms with E-state index < -0.39 is 5.97 Å². The van der Waals surface area contributed by atoms with Crippen molar-refractivity contribution in [2.45, 2.75) is 27.4 Å². The number of hydrogen-bond acceptors (Lipinski definition) is 6. The summed E-state index contributed by atoms with van der Waals surface area (Å²) < 4.78 is 22.6. The van der Waals surface area contributed by atoms with Gasteiger partial charge in [-0.2, -0.15) is 0 Å². The molecule has 174 valence electrons. The maximum absolute atomic E-state index is 13.5. The third-order valence-corrected chi connectivity index (χ3v) is 5.64. The Hall–Kier alpha value is -4.06. The van der Waals surface area contributed by atoms with Crippen LogP contribution in [0, 0.1) is 13.8 Å². The fourth-order valence-electron chi connectivity index (χ4n) is 3.65. The molecule has 0 bridgehead atoms. The second-order valence-electron chi connectivity index (χ2n) is 7.96. The summed E-state index contributed by atoms with van der Waals surface area (Å²) in [5, 5.41) is 0.454. The highest BCUT2D eigenvalue weighted by Gasteiger charge is 2.19. The zero-order chi connectivity index (χ0) is 24.2. The van der Waals surface area contributed by atoms with Crippen LogP contribution in [0.15, 0.2) is 69.9 Å². The molecule has 0 spiro atoms. The molecular formula is C28H26O6. The normalized spacial score (nSPS) is 10.8. The van der Waals surface area contributed by atoms with Gasteiger partial charge in [-0.25, -0.2) is 4.79 Å². The van der Waals surface area contributed by atoms with Gasteiger partial charge in [0.15, 0.2) is 5.76 Å². The highest BCUT2D eigenvalue weighted by Crippen LogP contribution is 2.33. The molecule has 0 unspecified atom stereocenters. The Kier molecular flexibility index (Phi) is 6.68. The smallest absolute Gasteiger partial charge is 0.338 e. The fourth-order valence-corrected chi connectivity index (χ4v) is 3.65. The summed E-state index contributed by atoms with van der Waals surface area (Å²) in [5.74, 6) is 0.739. The van der Waals surface area contributed by atoms with Crippen molar-refractivity contribution in [2.24, 2.45) is 0 Å². The molecule has 6 nitrogen and oxygen atoms in total. The lowest BCUT2D eigenvalue weighted by molar-refractivity contribution is 0.0526. The molecule has 6 heteroatoms. The monoisotopic (exact) mass is 458 g/mol. The fraction of sp³-hybridized carbons (Fsp3) is 0.214. The van der Waals surface area contributed by atoms with Gasteiger partial charge in [-0.05, 0) is 86.0 Å². The van der Waals surface area contributed by atoms with Crippen LogP contribution >= 0.6 is 0 Å². The number of esters is 1. The number of rotatable bonds is 7. The molecule has 1 heterocycles. The summed E-state index contributed by atoms with van der Waals surface area (Å²) >= 11 is 0. The number of carbonyl (C=O) groups excluding carboxylic acids is 1. The number of ether oxygens (including phenoxy) is 3. The molecule has 4 rings (SSSR count). The first-order valence-corrected chi connectivity index (χ1v) is 11.0. The summed E-state index contributed by atoms with van der Waals surface area (Å²) in [6.07, 6.45) is 0. The van der Waals surface area contributed by atoms with Gasteiger partial charge in [0, 0.05) is 5.56 Å². The highest BCUT2D eigenvalue weighted by atomic mass is 16.5. The average molecular weight is 459 g/mol. The summed E-state index contributed by atoms with van der Waals surface area (Å²) in [7, 11) is 1.59. The number of methoxy groups -OCH3 is 1.